The number of amides is 2. The normalized spacial score (nSPS) is 10.6. The molecule has 0 fully saturated rings. The molecule has 4 rings (SSSR count). The number of nitrogens with zero attached hydrogens (tertiary/aromatic N) is 2. The van der Waals surface area contributed by atoms with Gasteiger partial charge in [-0.15, -0.1) is 11.3 Å². The lowest BCUT2D eigenvalue weighted by Gasteiger charge is -2.06. The van der Waals surface area contributed by atoms with E-state index in [-0.39, 0.29) is 24.7 Å². The van der Waals surface area contributed by atoms with Gasteiger partial charge in [0, 0.05) is 10.6 Å². The number of nitriles is 1. The maximum absolute atomic E-state index is 12.5. The lowest BCUT2D eigenvalue weighted by atomic mass is 10.1. The summed E-state index contributed by atoms with van der Waals surface area (Å²) >= 11 is 1.39. The molecule has 0 saturated carbocycles. The quantitative estimate of drug-likeness (QED) is 0.427. The molecule has 2 heterocycles. The fourth-order valence-electron chi connectivity index (χ4n) is 3.24. The van der Waals surface area contributed by atoms with Gasteiger partial charge < -0.3 is 10.6 Å². The molecule has 0 aliphatic carbocycles. The molecule has 0 saturated heterocycles. The number of thiophene rings is 1. The Bertz CT molecular complexity index is 1320. The van der Waals surface area contributed by atoms with Crippen molar-refractivity contribution in [3.8, 4) is 6.07 Å². The Morgan fingerprint density at radius 2 is 1.87 bits per heavy atom. The summed E-state index contributed by atoms with van der Waals surface area (Å²) in [5, 5.41) is 22.5. The van der Waals surface area contributed by atoms with Crippen molar-refractivity contribution in [2.75, 3.05) is 10.6 Å². The van der Waals surface area contributed by atoms with Crippen molar-refractivity contribution in [3.63, 3.8) is 0 Å². The van der Waals surface area contributed by atoms with Crippen LogP contribution in [-0.4, -0.2) is 22.0 Å². The largest absolute Gasteiger partial charge is 0.326 e. The number of nitrogens with one attached hydrogen (secondary N) is 3. The molecular formula is C23H19N5O2S. The van der Waals surface area contributed by atoms with Crippen LogP contribution in [0.15, 0.2) is 54.6 Å². The maximum Gasteiger partial charge on any atom is 0.229 e. The van der Waals surface area contributed by atoms with E-state index in [9.17, 15) is 9.59 Å². The van der Waals surface area contributed by atoms with Crippen molar-refractivity contribution in [3.05, 3.63) is 76.2 Å². The van der Waals surface area contributed by atoms with Crippen LogP contribution in [0.4, 0.5) is 11.5 Å². The summed E-state index contributed by atoms with van der Waals surface area (Å²) in [4.78, 5) is 26.4. The molecule has 0 aliphatic rings. The Labute approximate surface area is 182 Å². The minimum absolute atomic E-state index is 0.136. The molecule has 0 bridgehead atoms. The van der Waals surface area contributed by atoms with Crippen LogP contribution in [-0.2, 0) is 22.4 Å². The second-order valence-electron chi connectivity index (χ2n) is 7.10. The molecule has 7 nitrogen and oxygen atoms in total. The number of hydrogen-bond acceptors (Lipinski definition) is 5. The Hall–Kier alpha value is -3.96. The van der Waals surface area contributed by atoms with E-state index in [4.69, 9.17) is 5.26 Å². The summed E-state index contributed by atoms with van der Waals surface area (Å²) in [6.07, 6.45) is 0.447. The Balaban J connectivity index is 1.42. The van der Waals surface area contributed by atoms with Crippen molar-refractivity contribution in [1.82, 2.24) is 10.2 Å². The Kier molecular flexibility index (Phi) is 5.78. The first-order valence-corrected chi connectivity index (χ1v) is 10.4. The first-order chi connectivity index (χ1) is 15.0. The standard InChI is InChI=1S/C23H19N5O2S/c1-14-5-2-3-7-16(14)10-20(29)26-22-19-11-18(31-23(19)28-27-22)12-21(30)25-17-8-4-6-15(9-17)13-24/h2-9,11H,10,12H2,1H3,(H,25,30)(H2,26,27,28,29). The molecule has 0 atom stereocenters. The average molecular weight is 430 g/mol. The molecule has 4 aromatic rings. The minimum atomic E-state index is -0.187. The molecule has 0 unspecified atom stereocenters. The Morgan fingerprint density at radius 1 is 1.06 bits per heavy atom. The van der Waals surface area contributed by atoms with Crippen LogP contribution in [0.1, 0.15) is 21.6 Å². The number of carbonyl (C=O) groups excluding carboxylic acids is 2. The fourth-order valence-corrected chi connectivity index (χ4v) is 4.23. The molecule has 0 aliphatic heterocycles. The minimum Gasteiger partial charge on any atom is -0.326 e. The number of hydrogen-bond donors (Lipinski definition) is 3. The summed E-state index contributed by atoms with van der Waals surface area (Å²) < 4.78 is 0. The third kappa shape index (κ3) is 4.79. The predicted octanol–water partition coefficient (Wildman–Crippen LogP) is 4.17. The summed E-state index contributed by atoms with van der Waals surface area (Å²) in [6.45, 7) is 1.98. The number of H-pyrrole nitrogens is 1. The summed E-state index contributed by atoms with van der Waals surface area (Å²) in [6, 6.07) is 18.4. The third-order valence-electron chi connectivity index (χ3n) is 4.79. The highest BCUT2D eigenvalue weighted by molar-refractivity contribution is 7.18. The van der Waals surface area contributed by atoms with E-state index in [1.54, 1.807) is 24.3 Å². The number of fused-ring (bicyclic) bond motifs is 1. The van der Waals surface area contributed by atoms with Crippen molar-refractivity contribution in [1.29, 1.82) is 5.26 Å². The number of benzene rings is 2. The zero-order chi connectivity index (χ0) is 21.8. The van der Waals surface area contributed by atoms with E-state index < -0.39 is 0 Å². The van der Waals surface area contributed by atoms with Crippen molar-refractivity contribution in [2.45, 2.75) is 19.8 Å². The monoisotopic (exact) mass is 429 g/mol. The highest BCUT2D eigenvalue weighted by Crippen LogP contribution is 2.30. The number of anilines is 2. The molecule has 154 valence electrons. The molecule has 0 radical (unpaired) electrons. The summed E-state index contributed by atoms with van der Waals surface area (Å²) in [7, 11) is 0. The second-order valence-corrected chi connectivity index (χ2v) is 8.21. The van der Waals surface area contributed by atoms with Gasteiger partial charge in [-0.2, -0.15) is 10.4 Å². The van der Waals surface area contributed by atoms with Gasteiger partial charge in [-0.3, -0.25) is 14.7 Å². The average Bonchev–Trinajstić information content (AvgIpc) is 3.31. The van der Waals surface area contributed by atoms with Crippen LogP contribution in [0, 0.1) is 18.3 Å². The first kappa shape index (κ1) is 20.3. The number of rotatable bonds is 6. The second kappa shape index (κ2) is 8.81. The molecule has 3 N–H and O–H groups in total. The SMILES string of the molecule is Cc1ccccc1CC(=O)Nc1[nH]nc2sc(CC(=O)Nc3cccc(C#N)c3)cc12. The highest BCUT2D eigenvalue weighted by atomic mass is 32.1. The number of aromatic amines is 1. The van der Waals surface area contributed by atoms with Crippen LogP contribution in [0.3, 0.4) is 0 Å². The van der Waals surface area contributed by atoms with Gasteiger partial charge in [0.05, 0.1) is 29.9 Å². The van der Waals surface area contributed by atoms with Gasteiger partial charge in [0.2, 0.25) is 11.8 Å². The van der Waals surface area contributed by atoms with E-state index in [1.807, 2.05) is 43.3 Å². The predicted molar refractivity (Wildman–Crippen MR) is 121 cm³/mol. The van der Waals surface area contributed by atoms with E-state index in [1.165, 1.54) is 11.3 Å². The van der Waals surface area contributed by atoms with Gasteiger partial charge in [-0.25, -0.2) is 0 Å². The highest BCUT2D eigenvalue weighted by Gasteiger charge is 2.15. The van der Waals surface area contributed by atoms with Crippen LogP contribution in [0.25, 0.3) is 10.2 Å². The smallest absolute Gasteiger partial charge is 0.229 e. The molecule has 2 amide bonds. The van der Waals surface area contributed by atoms with Gasteiger partial charge in [0.1, 0.15) is 10.6 Å². The van der Waals surface area contributed by atoms with Gasteiger partial charge >= 0.3 is 0 Å². The zero-order valence-electron chi connectivity index (χ0n) is 16.7. The van der Waals surface area contributed by atoms with Gasteiger partial charge in [-0.05, 0) is 42.3 Å². The lowest BCUT2D eigenvalue weighted by Crippen LogP contribution is -2.15. The van der Waals surface area contributed by atoms with E-state index in [0.717, 1.165) is 26.2 Å². The molecular weight excluding hydrogens is 410 g/mol. The van der Waals surface area contributed by atoms with Gasteiger partial charge in [0.15, 0.2) is 0 Å². The molecule has 2 aromatic heterocycles. The van der Waals surface area contributed by atoms with E-state index in [0.29, 0.717) is 17.1 Å². The maximum atomic E-state index is 12.5. The fraction of sp³-hybridized carbons (Fsp3) is 0.130. The first-order valence-electron chi connectivity index (χ1n) is 9.63. The van der Waals surface area contributed by atoms with Crippen LogP contribution in [0.2, 0.25) is 0 Å². The van der Waals surface area contributed by atoms with Crippen LogP contribution >= 0.6 is 11.3 Å². The van der Waals surface area contributed by atoms with Crippen molar-refractivity contribution in [2.24, 2.45) is 0 Å². The third-order valence-corrected chi connectivity index (χ3v) is 5.82. The van der Waals surface area contributed by atoms with E-state index >= 15 is 0 Å². The van der Waals surface area contributed by atoms with Gasteiger partial charge in [0.25, 0.3) is 0 Å². The summed E-state index contributed by atoms with van der Waals surface area (Å²) in [5.74, 6) is 0.203. The molecule has 8 heteroatoms. The van der Waals surface area contributed by atoms with Crippen LogP contribution < -0.4 is 10.6 Å². The van der Waals surface area contributed by atoms with Crippen LogP contribution in [0.5, 0.6) is 0 Å². The summed E-state index contributed by atoms with van der Waals surface area (Å²) in [5.41, 5.74) is 3.10. The number of aryl methyl sites for hydroxylation is 1. The molecule has 0 spiro atoms. The lowest BCUT2D eigenvalue weighted by molar-refractivity contribution is -0.116. The zero-order valence-corrected chi connectivity index (χ0v) is 17.5. The Morgan fingerprint density at radius 3 is 2.68 bits per heavy atom. The molecule has 2 aromatic carbocycles. The van der Waals surface area contributed by atoms with E-state index in [2.05, 4.69) is 20.8 Å². The topological polar surface area (TPSA) is 111 Å². The van der Waals surface area contributed by atoms with Crippen molar-refractivity contribution >= 4 is 44.9 Å². The number of carbonyl (C=O) groups is 2. The molecule has 31 heavy (non-hydrogen) atoms. The van der Waals surface area contributed by atoms with Crippen molar-refractivity contribution < 1.29 is 9.59 Å². The number of aromatic nitrogens is 2. The van der Waals surface area contributed by atoms with Gasteiger partial charge in [-0.1, -0.05) is 30.3 Å².